The molecule has 1 N–H and O–H groups in total. The van der Waals surface area contributed by atoms with E-state index >= 15 is 0 Å². The van der Waals surface area contributed by atoms with Crippen molar-refractivity contribution in [1.82, 2.24) is 9.80 Å². The number of nitrogens with zero attached hydrogens (tertiary/aromatic N) is 2. The molecule has 3 rings (SSSR count). The number of hydrogen-bond donors (Lipinski definition) is 1. The molecule has 0 unspecified atom stereocenters. The number of carbonyl (C=O) groups is 1. The van der Waals surface area contributed by atoms with Gasteiger partial charge in [-0.3, -0.25) is 9.52 Å². The van der Waals surface area contributed by atoms with Gasteiger partial charge in [0.05, 0.1) is 14.2 Å². The van der Waals surface area contributed by atoms with Gasteiger partial charge in [0, 0.05) is 43.5 Å². The molecule has 1 amide bonds. The first-order valence-electron chi connectivity index (χ1n) is 9.17. The standard InChI is InChI=1S/C20H25N3O5S/c1-22-10-12-23(13-11-22)20(24)15-4-6-16(7-5-15)21-29(25,26)19-14-17(27-2)8-9-18(19)28-3/h4-9,14,21H,10-13H2,1-3H3. The Bertz CT molecular complexity index is 968. The van der Waals surface area contributed by atoms with E-state index in [1.807, 2.05) is 7.05 Å². The number of benzene rings is 2. The molecule has 0 aromatic heterocycles. The topological polar surface area (TPSA) is 88.2 Å². The Morgan fingerprint density at radius 1 is 0.966 bits per heavy atom. The van der Waals surface area contributed by atoms with E-state index in [2.05, 4.69) is 9.62 Å². The lowest BCUT2D eigenvalue weighted by Gasteiger charge is -2.32. The van der Waals surface area contributed by atoms with Crippen LogP contribution < -0.4 is 14.2 Å². The molecular weight excluding hydrogens is 394 g/mol. The van der Waals surface area contributed by atoms with E-state index < -0.39 is 10.0 Å². The maximum absolute atomic E-state index is 12.8. The molecule has 29 heavy (non-hydrogen) atoms. The lowest BCUT2D eigenvalue weighted by atomic mass is 10.1. The van der Waals surface area contributed by atoms with Gasteiger partial charge in [0.1, 0.15) is 16.4 Å². The predicted molar refractivity (Wildman–Crippen MR) is 110 cm³/mol. The Balaban J connectivity index is 1.76. The SMILES string of the molecule is COc1ccc(OC)c(S(=O)(=O)Nc2ccc(C(=O)N3CCN(C)CC3)cc2)c1. The summed E-state index contributed by atoms with van der Waals surface area (Å²) in [7, 11) is 0.986. The second-order valence-corrected chi connectivity index (χ2v) is 8.45. The molecule has 1 aliphatic heterocycles. The van der Waals surface area contributed by atoms with Gasteiger partial charge >= 0.3 is 0 Å². The summed E-state index contributed by atoms with van der Waals surface area (Å²) in [6, 6.07) is 11.0. The third kappa shape index (κ3) is 4.80. The highest BCUT2D eigenvalue weighted by atomic mass is 32.2. The summed E-state index contributed by atoms with van der Waals surface area (Å²) in [5.74, 6) is 0.557. The summed E-state index contributed by atoms with van der Waals surface area (Å²) in [5.41, 5.74) is 0.876. The first-order valence-corrected chi connectivity index (χ1v) is 10.6. The van der Waals surface area contributed by atoms with Crippen molar-refractivity contribution in [3.8, 4) is 11.5 Å². The second kappa shape index (κ2) is 8.71. The van der Waals surface area contributed by atoms with E-state index in [-0.39, 0.29) is 16.6 Å². The fourth-order valence-corrected chi connectivity index (χ4v) is 4.32. The highest BCUT2D eigenvalue weighted by Gasteiger charge is 2.22. The number of rotatable bonds is 6. The summed E-state index contributed by atoms with van der Waals surface area (Å²) in [4.78, 5) is 16.6. The summed E-state index contributed by atoms with van der Waals surface area (Å²) in [6.45, 7) is 3.04. The van der Waals surface area contributed by atoms with Gasteiger partial charge in [-0.05, 0) is 43.4 Å². The number of carbonyl (C=O) groups excluding carboxylic acids is 1. The number of amides is 1. The number of nitrogens with one attached hydrogen (secondary N) is 1. The minimum Gasteiger partial charge on any atom is -0.497 e. The van der Waals surface area contributed by atoms with Gasteiger partial charge in [-0.1, -0.05) is 0 Å². The number of sulfonamides is 1. The van der Waals surface area contributed by atoms with Crippen LogP contribution in [0.15, 0.2) is 47.4 Å². The van der Waals surface area contributed by atoms with E-state index in [4.69, 9.17) is 9.47 Å². The van der Waals surface area contributed by atoms with E-state index in [1.54, 1.807) is 35.2 Å². The highest BCUT2D eigenvalue weighted by Crippen LogP contribution is 2.29. The van der Waals surface area contributed by atoms with Crippen LogP contribution in [0.3, 0.4) is 0 Å². The van der Waals surface area contributed by atoms with E-state index in [9.17, 15) is 13.2 Å². The smallest absolute Gasteiger partial charge is 0.265 e. The third-order valence-electron chi connectivity index (χ3n) is 4.83. The average molecular weight is 420 g/mol. The Morgan fingerprint density at radius 2 is 1.62 bits per heavy atom. The van der Waals surface area contributed by atoms with E-state index in [1.165, 1.54) is 26.4 Å². The highest BCUT2D eigenvalue weighted by molar-refractivity contribution is 7.92. The zero-order valence-corrected chi connectivity index (χ0v) is 17.5. The molecule has 2 aromatic rings. The van der Waals surface area contributed by atoms with Crippen LogP contribution in [0.25, 0.3) is 0 Å². The van der Waals surface area contributed by atoms with Crippen LogP contribution >= 0.6 is 0 Å². The van der Waals surface area contributed by atoms with Crippen molar-refractivity contribution in [2.45, 2.75) is 4.90 Å². The predicted octanol–water partition coefficient (Wildman–Crippen LogP) is 1.89. The van der Waals surface area contributed by atoms with Crippen molar-refractivity contribution in [2.24, 2.45) is 0 Å². The molecular formula is C20H25N3O5S. The number of likely N-dealkylation sites (N-methyl/N-ethyl adjacent to an activating group) is 1. The second-order valence-electron chi connectivity index (χ2n) is 6.80. The molecule has 0 atom stereocenters. The molecule has 1 fully saturated rings. The molecule has 1 saturated heterocycles. The monoisotopic (exact) mass is 419 g/mol. The van der Waals surface area contributed by atoms with Gasteiger partial charge in [-0.25, -0.2) is 8.42 Å². The molecule has 0 aliphatic carbocycles. The first kappa shape index (κ1) is 20.9. The van der Waals surface area contributed by atoms with E-state index in [0.717, 1.165) is 13.1 Å². The molecule has 1 aliphatic rings. The van der Waals surface area contributed by atoms with Crippen LogP contribution in [-0.2, 0) is 10.0 Å². The van der Waals surface area contributed by atoms with Crippen molar-refractivity contribution >= 4 is 21.6 Å². The number of hydrogen-bond acceptors (Lipinski definition) is 6. The number of piperazine rings is 1. The van der Waals surface area contributed by atoms with Gasteiger partial charge in [0.15, 0.2) is 0 Å². The van der Waals surface area contributed by atoms with Crippen molar-refractivity contribution in [3.63, 3.8) is 0 Å². The molecule has 0 spiro atoms. The number of ether oxygens (including phenoxy) is 2. The van der Waals surface area contributed by atoms with Crippen LogP contribution in [0.1, 0.15) is 10.4 Å². The fourth-order valence-electron chi connectivity index (χ4n) is 3.08. The quantitative estimate of drug-likeness (QED) is 0.769. The van der Waals surface area contributed by atoms with Crippen molar-refractivity contribution < 1.29 is 22.7 Å². The van der Waals surface area contributed by atoms with Crippen LogP contribution in [-0.4, -0.2) is 71.6 Å². The first-order chi connectivity index (χ1) is 13.8. The molecule has 1 heterocycles. The number of methoxy groups -OCH3 is 2. The molecule has 8 nitrogen and oxygen atoms in total. The van der Waals surface area contributed by atoms with Crippen molar-refractivity contribution in [1.29, 1.82) is 0 Å². The number of anilines is 1. The van der Waals surface area contributed by atoms with Gasteiger partial charge < -0.3 is 19.3 Å². The van der Waals surface area contributed by atoms with Gasteiger partial charge in [0.2, 0.25) is 0 Å². The van der Waals surface area contributed by atoms with Gasteiger partial charge in [0.25, 0.3) is 15.9 Å². The molecule has 156 valence electrons. The van der Waals surface area contributed by atoms with Crippen LogP contribution in [0.2, 0.25) is 0 Å². The maximum atomic E-state index is 12.8. The van der Waals surface area contributed by atoms with Gasteiger partial charge in [-0.15, -0.1) is 0 Å². The van der Waals surface area contributed by atoms with Gasteiger partial charge in [-0.2, -0.15) is 0 Å². The Labute approximate surface area is 171 Å². The maximum Gasteiger partial charge on any atom is 0.265 e. The lowest BCUT2D eigenvalue weighted by molar-refractivity contribution is 0.0664. The lowest BCUT2D eigenvalue weighted by Crippen LogP contribution is -2.47. The zero-order valence-electron chi connectivity index (χ0n) is 16.7. The Hall–Kier alpha value is -2.78. The minimum atomic E-state index is -3.90. The Kier molecular flexibility index (Phi) is 6.29. The van der Waals surface area contributed by atoms with Crippen LogP contribution in [0.4, 0.5) is 5.69 Å². The Morgan fingerprint density at radius 3 is 2.21 bits per heavy atom. The molecule has 9 heteroatoms. The average Bonchev–Trinajstić information content (AvgIpc) is 2.73. The summed E-state index contributed by atoms with van der Waals surface area (Å²) < 4.78 is 38.4. The molecule has 0 saturated carbocycles. The molecule has 0 bridgehead atoms. The molecule has 2 aromatic carbocycles. The van der Waals surface area contributed by atoms with Crippen molar-refractivity contribution in [2.75, 3.05) is 52.2 Å². The van der Waals surface area contributed by atoms with Crippen molar-refractivity contribution in [3.05, 3.63) is 48.0 Å². The molecule has 0 radical (unpaired) electrons. The third-order valence-corrected chi connectivity index (χ3v) is 6.24. The summed E-state index contributed by atoms with van der Waals surface area (Å²) in [6.07, 6.45) is 0. The summed E-state index contributed by atoms with van der Waals surface area (Å²) in [5, 5.41) is 0. The largest absolute Gasteiger partial charge is 0.497 e. The fraction of sp³-hybridized carbons (Fsp3) is 0.350. The zero-order chi connectivity index (χ0) is 21.0. The normalized spacial score (nSPS) is 15.1. The minimum absolute atomic E-state index is 0.0306. The van der Waals surface area contributed by atoms with E-state index in [0.29, 0.717) is 30.1 Å². The van der Waals surface area contributed by atoms with Crippen LogP contribution in [0.5, 0.6) is 11.5 Å². The summed E-state index contributed by atoms with van der Waals surface area (Å²) >= 11 is 0. The van der Waals surface area contributed by atoms with Crippen LogP contribution in [0, 0.1) is 0 Å².